The minimum Gasteiger partial charge on any atom is -0.495 e. The van der Waals surface area contributed by atoms with Crippen LogP contribution in [-0.2, 0) is 4.79 Å². The number of hydrogen-bond acceptors (Lipinski definition) is 4. The minimum atomic E-state index is -0.285. The number of nitrogens with one attached hydrogen (secondary N) is 1. The summed E-state index contributed by atoms with van der Waals surface area (Å²) >= 11 is 15.4. The maximum absolute atomic E-state index is 12.5. The van der Waals surface area contributed by atoms with Crippen LogP contribution in [0.15, 0.2) is 68.0 Å². The predicted octanol–water partition coefficient (Wildman–Crippen LogP) is 7.94. The number of fused-ring (bicyclic) bond motifs is 1. The number of oxazole rings is 1. The van der Waals surface area contributed by atoms with E-state index in [1.165, 1.54) is 6.08 Å². The molecule has 0 radical (unpaired) electrons. The molecule has 1 heterocycles. The van der Waals surface area contributed by atoms with Crippen molar-refractivity contribution in [1.82, 2.24) is 4.98 Å². The molecule has 4 rings (SSSR count). The molecule has 0 atom stereocenters. The highest BCUT2D eigenvalue weighted by molar-refractivity contribution is 14.1. The molecule has 0 saturated heterocycles. The predicted molar refractivity (Wildman–Crippen MR) is 143 cm³/mol. The van der Waals surface area contributed by atoms with Crippen molar-refractivity contribution in [3.63, 3.8) is 0 Å². The Bertz CT molecular complexity index is 1370. The van der Waals surface area contributed by atoms with Crippen LogP contribution in [0, 0.1) is 3.57 Å². The summed E-state index contributed by atoms with van der Waals surface area (Å²) in [4.78, 5) is 17.0. The number of aromatic nitrogens is 1. The van der Waals surface area contributed by atoms with Crippen molar-refractivity contribution in [2.24, 2.45) is 0 Å². The number of benzene rings is 3. The number of anilines is 1. The van der Waals surface area contributed by atoms with Gasteiger partial charge in [0.1, 0.15) is 11.3 Å². The fourth-order valence-corrected chi connectivity index (χ4v) is 5.16. The van der Waals surface area contributed by atoms with Gasteiger partial charge in [0.05, 0.1) is 22.2 Å². The molecule has 0 aliphatic rings. The summed E-state index contributed by atoms with van der Waals surface area (Å²) in [6.07, 6.45) is 3.14. The maximum Gasteiger partial charge on any atom is 0.248 e. The SMILES string of the molecule is COc1c(Br)cc(Br)cc1/C=C/C(=O)Nc1ccc2oc(-c3cc(I)ccc3Cl)nc2c1. The van der Waals surface area contributed by atoms with Crippen LogP contribution in [0.1, 0.15) is 5.56 Å². The van der Waals surface area contributed by atoms with Gasteiger partial charge in [0.15, 0.2) is 5.58 Å². The summed E-state index contributed by atoms with van der Waals surface area (Å²) in [7, 11) is 1.58. The number of nitrogens with zero attached hydrogens (tertiary/aromatic N) is 1. The molecule has 0 saturated carbocycles. The van der Waals surface area contributed by atoms with Gasteiger partial charge in [-0.15, -0.1) is 0 Å². The molecular weight excluding hydrogens is 674 g/mol. The van der Waals surface area contributed by atoms with Crippen molar-refractivity contribution < 1.29 is 13.9 Å². The molecule has 162 valence electrons. The van der Waals surface area contributed by atoms with Crippen LogP contribution in [0.2, 0.25) is 5.02 Å². The van der Waals surface area contributed by atoms with E-state index in [0.717, 1.165) is 23.6 Å². The summed E-state index contributed by atoms with van der Waals surface area (Å²) in [6, 6.07) is 14.7. The van der Waals surface area contributed by atoms with Crippen molar-refractivity contribution in [1.29, 1.82) is 0 Å². The second kappa shape index (κ2) is 9.94. The van der Waals surface area contributed by atoms with Crippen molar-refractivity contribution in [2.75, 3.05) is 12.4 Å². The van der Waals surface area contributed by atoms with Crippen molar-refractivity contribution >= 4 is 94.8 Å². The van der Waals surface area contributed by atoms with E-state index in [1.807, 2.05) is 30.3 Å². The molecule has 0 fully saturated rings. The number of carbonyl (C=O) groups excluding carboxylic acids is 1. The number of hydrogen-bond donors (Lipinski definition) is 1. The molecule has 32 heavy (non-hydrogen) atoms. The minimum absolute atomic E-state index is 0.285. The third kappa shape index (κ3) is 5.19. The second-order valence-corrected chi connectivity index (χ2v) is 10.1. The molecule has 0 spiro atoms. The second-order valence-electron chi connectivity index (χ2n) is 6.66. The largest absolute Gasteiger partial charge is 0.495 e. The zero-order valence-electron chi connectivity index (χ0n) is 16.5. The highest BCUT2D eigenvalue weighted by Gasteiger charge is 2.13. The molecule has 4 aromatic rings. The Morgan fingerprint density at radius 1 is 1.19 bits per heavy atom. The fourth-order valence-electron chi connectivity index (χ4n) is 3.05. The Kier molecular flexibility index (Phi) is 7.24. The number of methoxy groups -OCH3 is 1. The number of ether oxygens (including phenoxy) is 1. The summed E-state index contributed by atoms with van der Waals surface area (Å²) in [5, 5.41) is 3.40. The molecule has 1 N–H and O–H groups in total. The molecule has 1 amide bonds. The highest BCUT2D eigenvalue weighted by Crippen LogP contribution is 2.34. The number of rotatable bonds is 5. The number of halogens is 4. The Hall–Kier alpha value is -1.88. The van der Waals surface area contributed by atoms with E-state index in [0.29, 0.717) is 33.4 Å². The molecule has 9 heteroatoms. The molecule has 0 aliphatic heterocycles. The maximum atomic E-state index is 12.5. The van der Waals surface area contributed by atoms with E-state index in [9.17, 15) is 4.79 Å². The summed E-state index contributed by atoms with van der Waals surface area (Å²) < 4.78 is 13.9. The van der Waals surface area contributed by atoms with E-state index in [2.05, 4.69) is 64.8 Å². The Morgan fingerprint density at radius 3 is 2.78 bits per heavy atom. The third-order valence-electron chi connectivity index (χ3n) is 4.47. The smallest absolute Gasteiger partial charge is 0.248 e. The average Bonchev–Trinajstić information content (AvgIpc) is 3.17. The van der Waals surface area contributed by atoms with E-state index in [4.69, 9.17) is 20.8 Å². The first-order valence-electron chi connectivity index (χ1n) is 9.22. The van der Waals surface area contributed by atoms with Crippen LogP contribution in [-0.4, -0.2) is 18.0 Å². The van der Waals surface area contributed by atoms with Gasteiger partial charge in [-0.05, 0) is 93.1 Å². The van der Waals surface area contributed by atoms with Gasteiger partial charge in [0.2, 0.25) is 11.8 Å². The molecule has 0 unspecified atom stereocenters. The van der Waals surface area contributed by atoms with Crippen LogP contribution in [0.4, 0.5) is 5.69 Å². The van der Waals surface area contributed by atoms with Crippen LogP contribution < -0.4 is 10.1 Å². The molecule has 5 nitrogen and oxygen atoms in total. The summed E-state index contributed by atoms with van der Waals surface area (Å²) in [6.45, 7) is 0. The molecule has 1 aromatic heterocycles. The zero-order valence-corrected chi connectivity index (χ0v) is 22.5. The van der Waals surface area contributed by atoms with Gasteiger partial charge in [-0.1, -0.05) is 27.5 Å². The molecule has 0 aliphatic carbocycles. The van der Waals surface area contributed by atoms with Crippen molar-refractivity contribution in [3.8, 4) is 17.2 Å². The van der Waals surface area contributed by atoms with Crippen molar-refractivity contribution in [2.45, 2.75) is 0 Å². The topological polar surface area (TPSA) is 64.4 Å². The van der Waals surface area contributed by atoms with Crippen LogP contribution in [0.25, 0.3) is 28.6 Å². The van der Waals surface area contributed by atoms with Crippen LogP contribution in [0.5, 0.6) is 5.75 Å². The van der Waals surface area contributed by atoms with Gasteiger partial charge in [-0.2, -0.15) is 0 Å². The van der Waals surface area contributed by atoms with Crippen LogP contribution >= 0.6 is 66.1 Å². The van der Waals surface area contributed by atoms with Gasteiger partial charge >= 0.3 is 0 Å². The van der Waals surface area contributed by atoms with Crippen molar-refractivity contribution in [3.05, 3.63) is 77.7 Å². The fraction of sp³-hybridized carbons (Fsp3) is 0.0435. The lowest BCUT2D eigenvalue weighted by Crippen LogP contribution is -2.07. The first-order chi connectivity index (χ1) is 15.3. The lowest BCUT2D eigenvalue weighted by molar-refractivity contribution is -0.111. The quantitative estimate of drug-likeness (QED) is 0.171. The third-order valence-corrected chi connectivity index (χ3v) is 6.52. The standard InChI is InChI=1S/C23H14Br2ClIN2O3/c1-31-22-12(8-13(24)9-17(22)25)2-7-21(30)28-15-4-6-20-19(11-15)29-23(32-20)16-10-14(27)3-5-18(16)26/h2-11H,1H3,(H,28,30)/b7-2+. The first-order valence-corrected chi connectivity index (χ1v) is 12.3. The van der Waals surface area contributed by atoms with Gasteiger partial charge < -0.3 is 14.5 Å². The van der Waals surface area contributed by atoms with Gasteiger partial charge in [0, 0.05) is 25.4 Å². The van der Waals surface area contributed by atoms with E-state index < -0.39 is 0 Å². The Balaban J connectivity index is 1.55. The number of amides is 1. The van der Waals surface area contributed by atoms with E-state index in [-0.39, 0.29) is 5.91 Å². The number of carbonyl (C=O) groups is 1. The molecule has 3 aromatic carbocycles. The average molecular weight is 689 g/mol. The van der Waals surface area contributed by atoms with E-state index in [1.54, 1.807) is 31.4 Å². The van der Waals surface area contributed by atoms with E-state index >= 15 is 0 Å². The van der Waals surface area contributed by atoms with Crippen LogP contribution in [0.3, 0.4) is 0 Å². The Labute approximate surface area is 219 Å². The lowest BCUT2D eigenvalue weighted by atomic mass is 10.2. The normalized spacial score (nSPS) is 11.3. The van der Waals surface area contributed by atoms with Gasteiger partial charge in [-0.3, -0.25) is 4.79 Å². The zero-order chi connectivity index (χ0) is 22.8. The first kappa shape index (κ1) is 23.3. The van der Waals surface area contributed by atoms with Gasteiger partial charge in [-0.25, -0.2) is 4.98 Å². The summed E-state index contributed by atoms with van der Waals surface area (Å²) in [5.41, 5.74) is 3.30. The van der Waals surface area contributed by atoms with Gasteiger partial charge in [0.25, 0.3) is 0 Å². The highest BCUT2D eigenvalue weighted by atomic mass is 127. The molecular formula is C23H14Br2ClIN2O3. The monoisotopic (exact) mass is 686 g/mol. The molecule has 0 bridgehead atoms. The summed E-state index contributed by atoms with van der Waals surface area (Å²) in [5.74, 6) is 0.786. The Morgan fingerprint density at radius 2 is 2.00 bits per heavy atom. The lowest BCUT2D eigenvalue weighted by Gasteiger charge is -2.08.